The largest absolute Gasteiger partial charge is 0.501 e. The number of hydrogen-bond acceptors (Lipinski definition) is 8. The molecule has 9 nitrogen and oxygen atoms in total. The van der Waals surface area contributed by atoms with Crippen LogP contribution in [0, 0.1) is 0 Å². The SMILES string of the molecule is C/C=C\OCCC1=CC(NC(=O)c2ccccc2)=NC(O)N1[C@H]1CC(O)[C@@H](CO[Si](c2ccccc2)(c2ccccc2)C(C)(C)C)O1. The molecular weight excluding hydrogens is 611 g/mol. The summed E-state index contributed by atoms with van der Waals surface area (Å²) in [5.41, 5.74) is 1.13. The van der Waals surface area contributed by atoms with Gasteiger partial charge in [-0.25, -0.2) is 4.99 Å². The molecule has 3 N–H and O–H groups in total. The lowest BCUT2D eigenvalue weighted by Crippen LogP contribution is -2.67. The Morgan fingerprint density at radius 3 is 2.17 bits per heavy atom. The first-order valence-corrected chi connectivity index (χ1v) is 18.0. The average molecular weight is 656 g/mol. The third-order valence-corrected chi connectivity index (χ3v) is 13.5. The summed E-state index contributed by atoms with van der Waals surface area (Å²) < 4.78 is 19.1. The molecule has 4 atom stereocenters. The van der Waals surface area contributed by atoms with E-state index in [1.807, 2.05) is 49.4 Å². The van der Waals surface area contributed by atoms with Gasteiger partial charge >= 0.3 is 0 Å². The quantitative estimate of drug-likeness (QED) is 0.161. The zero-order chi connectivity index (χ0) is 33.4. The molecule has 10 heteroatoms. The molecule has 5 rings (SSSR count). The van der Waals surface area contributed by atoms with Crippen molar-refractivity contribution in [3.8, 4) is 0 Å². The van der Waals surface area contributed by atoms with E-state index < -0.39 is 33.1 Å². The van der Waals surface area contributed by atoms with Crippen LogP contribution in [-0.2, 0) is 13.9 Å². The smallest absolute Gasteiger partial charge is 0.261 e. The number of aliphatic imine (C=N–C) groups is 1. The Morgan fingerprint density at radius 1 is 1.00 bits per heavy atom. The maximum Gasteiger partial charge on any atom is 0.261 e. The second kappa shape index (κ2) is 15.2. The normalized spacial score (nSPS) is 21.8. The Balaban J connectivity index is 1.37. The van der Waals surface area contributed by atoms with Crippen molar-refractivity contribution in [2.24, 2.45) is 4.99 Å². The first kappa shape index (κ1) is 34.3. The number of carbonyl (C=O) groups excluding carboxylic acids is 1. The molecule has 3 aromatic rings. The minimum atomic E-state index is -2.86. The number of ether oxygens (including phenoxy) is 2. The molecule has 3 aromatic carbocycles. The molecule has 2 aliphatic rings. The number of aliphatic hydroxyl groups excluding tert-OH is 2. The first-order valence-electron chi connectivity index (χ1n) is 16.1. The highest BCUT2D eigenvalue weighted by Crippen LogP contribution is 2.38. The van der Waals surface area contributed by atoms with Crippen LogP contribution in [0.5, 0.6) is 0 Å². The Bertz CT molecular complexity index is 1520. The minimum Gasteiger partial charge on any atom is -0.501 e. The van der Waals surface area contributed by atoms with E-state index in [1.165, 1.54) is 0 Å². The van der Waals surface area contributed by atoms with Crippen molar-refractivity contribution in [1.29, 1.82) is 0 Å². The standard InChI is InChI=1S/C37H45N3O6Si/c1-5-22-44-23-21-28-24-33(38-35(42)27-15-9-6-10-16-27)39-36(43)40(28)34-25-31(41)32(46-34)26-45-47(37(2,3)4,29-17-11-7-12-18-29)30-19-13-8-14-20-30/h5-20,22,24,31-32,34,36,41,43H,21,23,25-26H2,1-4H3,(H,38,39,42)/b22-5-/t31?,32-,34-,36?/m1/s1. The van der Waals surface area contributed by atoms with Gasteiger partial charge in [0.2, 0.25) is 6.35 Å². The molecule has 0 saturated carbocycles. The van der Waals surface area contributed by atoms with Crippen molar-refractivity contribution in [2.75, 3.05) is 13.2 Å². The van der Waals surface area contributed by atoms with Crippen LogP contribution in [0.1, 0.15) is 50.9 Å². The Labute approximate surface area is 278 Å². The summed E-state index contributed by atoms with van der Waals surface area (Å²) in [6.07, 6.45) is 2.24. The second-order valence-electron chi connectivity index (χ2n) is 12.7. The molecule has 47 heavy (non-hydrogen) atoms. The maximum atomic E-state index is 12.9. The number of amides is 1. The van der Waals surface area contributed by atoms with Crippen LogP contribution in [0.25, 0.3) is 0 Å². The van der Waals surface area contributed by atoms with Gasteiger partial charge in [-0.15, -0.1) is 0 Å². The summed E-state index contributed by atoms with van der Waals surface area (Å²) in [6, 6.07) is 29.5. The zero-order valence-electron chi connectivity index (χ0n) is 27.5. The van der Waals surface area contributed by atoms with Crippen molar-refractivity contribution < 1.29 is 28.9 Å². The van der Waals surface area contributed by atoms with Gasteiger partial charge in [0.15, 0.2) is 0 Å². The maximum absolute atomic E-state index is 12.9. The molecule has 1 saturated heterocycles. The lowest BCUT2D eigenvalue weighted by molar-refractivity contribution is -0.116. The molecule has 2 unspecified atom stereocenters. The van der Waals surface area contributed by atoms with E-state index in [-0.39, 0.29) is 29.8 Å². The number of aliphatic hydroxyl groups is 2. The summed E-state index contributed by atoms with van der Waals surface area (Å²) in [5, 5.41) is 27.4. The lowest BCUT2D eigenvalue weighted by Gasteiger charge is -2.43. The van der Waals surface area contributed by atoms with Gasteiger partial charge in [0.25, 0.3) is 14.2 Å². The van der Waals surface area contributed by atoms with E-state index in [9.17, 15) is 15.0 Å². The van der Waals surface area contributed by atoms with Gasteiger partial charge in [-0.2, -0.15) is 0 Å². The van der Waals surface area contributed by atoms with E-state index in [0.29, 0.717) is 24.3 Å². The molecule has 248 valence electrons. The predicted octanol–water partition coefficient (Wildman–Crippen LogP) is 4.28. The molecule has 2 heterocycles. The fourth-order valence-electron chi connectivity index (χ4n) is 6.32. The molecular formula is C37H45N3O6Si. The summed E-state index contributed by atoms with van der Waals surface area (Å²) in [5.74, 6) is -0.104. The lowest BCUT2D eigenvalue weighted by atomic mass is 10.1. The van der Waals surface area contributed by atoms with Crippen molar-refractivity contribution in [1.82, 2.24) is 10.2 Å². The summed E-state index contributed by atoms with van der Waals surface area (Å²) in [4.78, 5) is 18.9. The monoisotopic (exact) mass is 655 g/mol. The van der Waals surface area contributed by atoms with Crippen LogP contribution >= 0.6 is 0 Å². The molecule has 2 aliphatic heterocycles. The van der Waals surface area contributed by atoms with Gasteiger partial charge in [0, 0.05) is 30.2 Å². The van der Waals surface area contributed by atoms with Crippen LogP contribution < -0.4 is 15.7 Å². The van der Waals surface area contributed by atoms with Gasteiger partial charge in [-0.3, -0.25) is 4.79 Å². The summed E-state index contributed by atoms with van der Waals surface area (Å²) in [6.45, 7) is 8.97. The number of nitrogens with zero attached hydrogens (tertiary/aromatic N) is 2. The van der Waals surface area contributed by atoms with Gasteiger partial charge in [0.1, 0.15) is 18.2 Å². The number of allylic oxidation sites excluding steroid dienone is 1. The second-order valence-corrected chi connectivity index (χ2v) is 17.0. The van der Waals surface area contributed by atoms with Crippen molar-refractivity contribution in [3.63, 3.8) is 0 Å². The van der Waals surface area contributed by atoms with Crippen LogP contribution in [-0.4, -0.2) is 73.2 Å². The fraction of sp³-hybridized carbons (Fsp3) is 0.351. The first-order chi connectivity index (χ1) is 22.6. The molecule has 0 bridgehead atoms. The molecule has 0 spiro atoms. The van der Waals surface area contributed by atoms with Gasteiger partial charge in [0.05, 0.1) is 25.6 Å². The fourth-order valence-corrected chi connectivity index (χ4v) is 10.9. The number of carbonyl (C=O) groups is 1. The Kier molecular flexibility index (Phi) is 11.1. The number of nitrogens with one attached hydrogen (secondary N) is 1. The number of amidine groups is 1. The Morgan fingerprint density at radius 2 is 1.60 bits per heavy atom. The summed E-state index contributed by atoms with van der Waals surface area (Å²) in [7, 11) is -2.86. The molecule has 0 aromatic heterocycles. The number of hydrogen-bond donors (Lipinski definition) is 3. The van der Waals surface area contributed by atoms with Crippen molar-refractivity contribution in [3.05, 3.63) is 121 Å². The highest BCUT2D eigenvalue weighted by molar-refractivity contribution is 6.99. The van der Waals surface area contributed by atoms with Crippen molar-refractivity contribution in [2.45, 2.75) is 70.4 Å². The third kappa shape index (κ3) is 7.74. The van der Waals surface area contributed by atoms with E-state index in [1.54, 1.807) is 47.6 Å². The molecule has 0 aliphatic carbocycles. The highest BCUT2D eigenvalue weighted by Gasteiger charge is 2.51. The van der Waals surface area contributed by atoms with Gasteiger partial charge < -0.3 is 34.3 Å². The van der Waals surface area contributed by atoms with E-state index in [0.717, 1.165) is 10.4 Å². The molecule has 1 amide bonds. The average Bonchev–Trinajstić information content (AvgIpc) is 3.43. The highest BCUT2D eigenvalue weighted by atomic mass is 28.4. The number of rotatable bonds is 11. The summed E-state index contributed by atoms with van der Waals surface area (Å²) >= 11 is 0. The number of benzene rings is 3. The topological polar surface area (TPSA) is 113 Å². The van der Waals surface area contributed by atoms with E-state index >= 15 is 0 Å². The van der Waals surface area contributed by atoms with Crippen LogP contribution in [0.2, 0.25) is 5.04 Å². The van der Waals surface area contributed by atoms with E-state index in [4.69, 9.17) is 13.9 Å². The molecule has 0 radical (unpaired) electrons. The van der Waals surface area contributed by atoms with Crippen LogP contribution in [0.3, 0.4) is 0 Å². The van der Waals surface area contributed by atoms with Crippen molar-refractivity contribution >= 4 is 30.4 Å². The third-order valence-electron chi connectivity index (χ3n) is 8.52. The Hall–Kier alpha value is -4.06. The zero-order valence-corrected chi connectivity index (χ0v) is 28.5. The van der Waals surface area contributed by atoms with Gasteiger partial charge in [-0.1, -0.05) is 106 Å². The van der Waals surface area contributed by atoms with Crippen LogP contribution in [0.4, 0.5) is 0 Å². The molecule has 1 fully saturated rings. The van der Waals surface area contributed by atoms with Crippen LogP contribution in [0.15, 0.2) is 120 Å². The van der Waals surface area contributed by atoms with E-state index in [2.05, 4.69) is 55.3 Å². The minimum absolute atomic E-state index is 0.167. The predicted molar refractivity (Wildman–Crippen MR) is 186 cm³/mol. The van der Waals surface area contributed by atoms with Gasteiger partial charge in [-0.05, 0) is 34.5 Å².